The van der Waals surface area contributed by atoms with E-state index < -0.39 is 11.9 Å². The summed E-state index contributed by atoms with van der Waals surface area (Å²) in [6.07, 6.45) is 0. The van der Waals surface area contributed by atoms with Crippen molar-refractivity contribution in [1.29, 1.82) is 0 Å². The van der Waals surface area contributed by atoms with Crippen molar-refractivity contribution in [2.24, 2.45) is 0 Å². The van der Waals surface area contributed by atoms with Crippen molar-refractivity contribution in [1.82, 2.24) is 0 Å². The number of para-hydroxylation sites is 1. The van der Waals surface area contributed by atoms with Gasteiger partial charge in [0.15, 0.2) is 11.5 Å². The number of benzene rings is 2. The van der Waals surface area contributed by atoms with Gasteiger partial charge in [0.1, 0.15) is 16.9 Å². The maximum atomic E-state index is 12.4. The minimum atomic E-state index is -0.567. The Kier molecular flexibility index (Phi) is 3.20. The van der Waals surface area contributed by atoms with Crippen LogP contribution in [0.5, 0.6) is 5.75 Å². The third-order valence-corrected chi connectivity index (χ3v) is 3.89. The average molecular weight is 320 g/mol. The summed E-state index contributed by atoms with van der Waals surface area (Å²) in [5.74, 6) is -0.364. The van der Waals surface area contributed by atoms with Crippen molar-refractivity contribution >= 4 is 23.1 Å². The van der Waals surface area contributed by atoms with Crippen molar-refractivity contribution in [3.63, 3.8) is 0 Å². The molecule has 4 rings (SSSR count). The van der Waals surface area contributed by atoms with E-state index >= 15 is 0 Å². The minimum Gasteiger partial charge on any atom is -0.492 e. The number of esters is 2. The van der Waals surface area contributed by atoms with Gasteiger partial charge in [-0.15, -0.1) is 0 Å². The van der Waals surface area contributed by atoms with E-state index in [1.165, 1.54) is 7.11 Å². The standard InChI is InChI=1S/C19H12O5/c1-22-16-14(11-7-3-2-4-8-11)18(20)24-17(16)15-12-9-5-6-10-13(12)23-19(15)21/h2-10H,1H3/b17-15-. The molecule has 2 aliphatic heterocycles. The highest BCUT2D eigenvalue weighted by atomic mass is 16.6. The molecule has 2 aromatic rings. The first-order chi connectivity index (χ1) is 11.7. The normalized spacial score (nSPS) is 19.2. The average Bonchev–Trinajstić information content (AvgIpc) is 3.10. The van der Waals surface area contributed by atoms with E-state index in [9.17, 15) is 9.59 Å². The quantitative estimate of drug-likeness (QED) is 0.484. The van der Waals surface area contributed by atoms with Crippen molar-refractivity contribution in [2.45, 2.75) is 0 Å². The molecule has 0 atom stereocenters. The zero-order valence-corrected chi connectivity index (χ0v) is 12.7. The van der Waals surface area contributed by atoms with Crippen LogP contribution in [0.1, 0.15) is 11.1 Å². The van der Waals surface area contributed by atoms with Crippen LogP contribution in [0.15, 0.2) is 66.1 Å². The van der Waals surface area contributed by atoms with Gasteiger partial charge in [0.2, 0.25) is 0 Å². The van der Waals surface area contributed by atoms with Crippen LogP contribution in [0.2, 0.25) is 0 Å². The van der Waals surface area contributed by atoms with Crippen LogP contribution >= 0.6 is 0 Å². The second kappa shape index (κ2) is 5.38. The molecule has 0 saturated carbocycles. The lowest BCUT2D eigenvalue weighted by Crippen LogP contribution is -2.06. The number of hydrogen-bond acceptors (Lipinski definition) is 5. The molecule has 0 aliphatic carbocycles. The summed E-state index contributed by atoms with van der Waals surface area (Å²) < 4.78 is 16.0. The number of fused-ring (bicyclic) bond motifs is 1. The highest BCUT2D eigenvalue weighted by Crippen LogP contribution is 2.42. The Morgan fingerprint density at radius 3 is 2.21 bits per heavy atom. The molecule has 0 radical (unpaired) electrons. The first-order valence-electron chi connectivity index (χ1n) is 7.33. The van der Waals surface area contributed by atoms with Gasteiger partial charge in [-0.05, 0) is 11.6 Å². The molecule has 2 aromatic carbocycles. The Hall–Kier alpha value is -3.34. The predicted molar refractivity (Wildman–Crippen MR) is 85.5 cm³/mol. The summed E-state index contributed by atoms with van der Waals surface area (Å²) in [7, 11) is 1.44. The zero-order valence-electron chi connectivity index (χ0n) is 12.7. The lowest BCUT2D eigenvalue weighted by molar-refractivity contribution is -0.131. The van der Waals surface area contributed by atoms with E-state index in [2.05, 4.69) is 0 Å². The molecule has 24 heavy (non-hydrogen) atoms. The summed E-state index contributed by atoms with van der Waals surface area (Å²) in [6.45, 7) is 0. The summed E-state index contributed by atoms with van der Waals surface area (Å²) in [5.41, 5.74) is 1.73. The highest BCUT2D eigenvalue weighted by Gasteiger charge is 2.40. The maximum absolute atomic E-state index is 12.4. The van der Waals surface area contributed by atoms with Crippen LogP contribution in [-0.2, 0) is 19.1 Å². The molecule has 5 nitrogen and oxygen atoms in total. The SMILES string of the molecule is COC1=C(c2ccccc2)C(=O)O/C1=C1\C(=O)Oc2ccccc21. The summed E-state index contributed by atoms with van der Waals surface area (Å²) >= 11 is 0. The van der Waals surface area contributed by atoms with Crippen LogP contribution in [0.3, 0.4) is 0 Å². The maximum Gasteiger partial charge on any atom is 0.348 e. The lowest BCUT2D eigenvalue weighted by Gasteiger charge is -2.05. The van der Waals surface area contributed by atoms with E-state index in [0.717, 1.165) is 0 Å². The van der Waals surface area contributed by atoms with Crippen LogP contribution < -0.4 is 4.74 Å². The fourth-order valence-corrected chi connectivity index (χ4v) is 2.85. The molecule has 118 valence electrons. The van der Waals surface area contributed by atoms with E-state index in [0.29, 0.717) is 16.9 Å². The number of carbonyl (C=O) groups excluding carboxylic acids is 2. The van der Waals surface area contributed by atoms with Gasteiger partial charge in [-0.25, -0.2) is 9.59 Å². The van der Waals surface area contributed by atoms with Gasteiger partial charge in [-0.3, -0.25) is 0 Å². The van der Waals surface area contributed by atoms with Gasteiger partial charge < -0.3 is 14.2 Å². The number of ether oxygens (including phenoxy) is 3. The van der Waals surface area contributed by atoms with Crippen LogP contribution in [0.4, 0.5) is 0 Å². The number of hydrogen-bond donors (Lipinski definition) is 0. The summed E-state index contributed by atoms with van der Waals surface area (Å²) in [5, 5.41) is 0. The van der Waals surface area contributed by atoms with Gasteiger partial charge in [-0.1, -0.05) is 48.5 Å². The van der Waals surface area contributed by atoms with Crippen molar-refractivity contribution in [2.75, 3.05) is 7.11 Å². The third-order valence-electron chi connectivity index (χ3n) is 3.89. The Morgan fingerprint density at radius 2 is 1.46 bits per heavy atom. The highest BCUT2D eigenvalue weighted by molar-refractivity contribution is 6.27. The largest absolute Gasteiger partial charge is 0.492 e. The molecule has 0 aromatic heterocycles. The first-order valence-corrected chi connectivity index (χ1v) is 7.33. The van der Waals surface area contributed by atoms with Gasteiger partial charge in [0, 0.05) is 5.56 Å². The fraction of sp³-hybridized carbons (Fsp3) is 0.0526. The summed E-state index contributed by atoms with van der Waals surface area (Å²) in [4.78, 5) is 24.7. The predicted octanol–water partition coefficient (Wildman–Crippen LogP) is 2.93. The van der Waals surface area contributed by atoms with Gasteiger partial charge >= 0.3 is 11.9 Å². The third kappa shape index (κ3) is 2.02. The molecular formula is C19H12O5. The molecule has 0 saturated heterocycles. The van der Waals surface area contributed by atoms with Gasteiger partial charge in [0.25, 0.3) is 0 Å². The van der Waals surface area contributed by atoms with Crippen LogP contribution in [-0.4, -0.2) is 19.0 Å². The Bertz CT molecular complexity index is 922. The zero-order chi connectivity index (χ0) is 16.7. The first kappa shape index (κ1) is 14.3. The number of rotatable bonds is 2. The van der Waals surface area contributed by atoms with Crippen molar-refractivity contribution in [3.8, 4) is 5.75 Å². The molecule has 5 heteroatoms. The van der Waals surface area contributed by atoms with Crippen molar-refractivity contribution in [3.05, 3.63) is 77.2 Å². The number of cyclic esters (lactones) is 1. The second-order valence-electron chi connectivity index (χ2n) is 5.25. The topological polar surface area (TPSA) is 61.8 Å². The molecular weight excluding hydrogens is 308 g/mol. The minimum absolute atomic E-state index is 0.0938. The van der Waals surface area contributed by atoms with E-state index in [-0.39, 0.29) is 22.7 Å². The number of methoxy groups -OCH3 is 1. The summed E-state index contributed by atoms with van der Waals surface area (Å²) in [6, 6.07) is 16.0. The molecule has 0 unspecified atom stereocenters. The molecule has 2 heterocycles. The van der Waals surface area contributed by atoms with Crippen LogP contribution in [0, 0.1) is 0 Å². The van der Waals surface area contributed by atoms with E-state index in [1.807, 2.05) is 18.2 Å². The lowest BCUT2D eigenvalue weighted by atomic mass is 10.0. The Morgan fingerprint density at radius 1 is 0.792 bits per heavy atom. The molecule has 0 bridgehead atoms. The molecule has 2 aliphatic rings. The van der Waals surface area contributed by atoms with Crippen LogP contribution in [0.25, 0.3) is 11.1 Å². The molecule has 0 fully saturated rings. The Balaban J connectivity index is 1.96. The smallest absolute Gasteiger partial charge is 0.348 e. The van der Waals surface area contributed by atoms with Crippen molar-refractivity contribution < 1.29 is 23.8 Å². The van der Waals surface area contributed by atoms with E-state index in [1.54, 1.807) is 36.4 Å². The van der Waals surface area contributed by atoms with Gasteiger partial charge in [0.05, 0.1) is 7.11 Å². The molecule has 0 spiro atoms. The Labute approximate surface area is 137 Å². The fourth-order valence-electron chi connectivity index (χ4n) is 2.85. The number of carbonyl (C=O) groups is 2. The second-order valence-corrected chi connectivity index (χ2v) is 5.25. The van der Waals surface area contributed by atoms with Gasteiger partial charge in [-0.2, -0.15) is 0 Å². The van der Waals surface area contributed by atoms with E-state index in [4.69, 9.17) is 14.2 Å². The molecule has 0 amide bonds. The monoisotopic (exact) mass is 320 g/mol. The molecule has 0 N–H and O–H groups in total.